The summed E-state index contributed by atoms with van der Waals surface area (Å²) in [6.45, 7) is -0.0966. The Morgan fingerprint density at radius 2 is 1.91 bits per heavy atom. The standard InChI is InChI=1S/C18H13NO2S/c20-11-14-10-15(12-4-2-1-3-5-12)18(21)19-8-6-13-7-9-22-17(13)16(14)19/h1-10,20H,11H2. The number of fused-ring (bicyclic) bond motifs is 3. The van der Waals surface area contributed by atoms with Gasteiger partial charge in [0, 0.05) is 17.3 Å². The van der Waals surface area contributed by atoms with Crippen LogP contribution >= 0.6 is 11.3 Å². The SMILES string of the molecule is O=c1c(-c2ccccc2)cc(CO)c2c3sccc3ccn12. The first-order valence-electron chi connectivity index (χ1n) is 7.00. The van der Waals surface area contributed by atoms with Crippen LogP contribution in [0.3, 0.4) is 0 Å². The summed E-state index contributed by atoms with van der Waals surface area (Å²) in [6.07, 6.45) is 1.79. The lowest BCUT2D eigenvalue weighted by Gasteiger charge is -2.10. The summed E-state index contributed by atoms with van der Waals surface area (Å²) in [7, 11) is 0. The second-order valence-corrected chi connectivity index (χ2v) is 6.07. The Bertz CT molecular complexity index is 1030. The van der Waals surface area contributed by atoms with Crippen LogP contribution in [-0.4, -0.2) is 9.51 Å². The largest absolute Gasteiger partial charge is 0.392 e. The van der Waals surface area contributed by atoms with E-state index in [0.29, 0.717) is 5.56 Å². The third-order valence-corrected chi connectivity index (χ3v) is 4.82. The van der Waals surface area contributed by atoms with E-state index in [1.54, 1.807) is 21.9 Å². The molecule has 0 bridgehead atoms. The summed E-state index contributed by atoms with van der Waals surface area (Å²) in [5.74, 6) is 0. The molecule has 3 aromatic heterocycles. The molecule has 4 rings (SSSR count). The molecule has 0 saturated heterocycles. The molecule has 1 aromatic carbocycles. The number of aromatic nitrogens is 1. The van der Waals surface area contributed by atoms with Gasteiger partial charge in [0.1, 0.15) is 0 Å². The maximum atomic E-state index is 12.8. The monoisotopic (exact) mass is 307 g/mol. The minimum absolute atomic E-state index is 0.0614. The molecule has 0 aliphatic carbocycles. The van der Waals surface area contributed by atoms with Gasteiger partial charge in [-0.25, -0.2) is 0 Å². The number of aliphatic hydroxyl groups excluding tert-OH is 1. The van der Waals surface area contributed by atoms with Crippen LogP contribution in [0.25, 0.3) is 26.7 Å². The van der Waals surface area contributed by atoms with Crippen LogP contribution in [0.15, 0.2) is 64.9 Å². The van der Waals surface area contributed by atoms with Gasteiger partial charge in [-0.1, -0.05) is 30.3 Å². The molecule has 108 valence electrons. The van der Waals surface area contributed by atoms with Gasteiger partial charge in [-0.3, -0.25) is 9.20 Å². The zero-order valence-corrected chi connectivity index (χ0v) is 12.5. The number of hydrogen-bond acceptors (Lipinski definition) is 3. The van der Waals surface area contributed by atoms with Gasteiger partial charge in [0.25, 0.3) is 5.56 Å². The molecule has 1 N–H and O–H groups in total. The van der Waals surface area contributed by atoms with E-state index in [-0.39, 0.29) is 12.2 Å². The Hall–Kier alpha value is -2.43. The van der Waals surface area contributed by atoms with E-state index in [1.165, 1.54) is 0 Å². The number of pyridine rings is 2. The molecule has 0 atom stereocenters. The van der Waals surface area contributed by atoms with Crippen LogP contribution in [0.1, 0.15) is 5.56 Å². The van der Waals surface area contributed by atoms with Gasteiger partial charge >= 0.3 is 0 Å². The van der Waals surface area contributed by atoms with Crippen molar-refractivity contribution in [2.75, 3.05) is 0 Å². The number of benzene rings is 1. The number of aliphatic hydroxyl groups is 1. The van der Waals surface area contributed by atoms with Crippen molar-refractivity contribution in [2.45, 2.75) is 6.61 Å². The van der Waals surface area contributed by atoms with Crippen molar-refractivity contribution in [3.8, 4) is 11.1 Å². The maximum Gasteiger partial charge on any atom is 0.263 e. The Balaban J connectivity index is 2.17. The molecular formula is C18H13NO2S. The zero-order chi connectivity index (χ0) is 15.1. The number of rotatable bonds is 2. The minimum Gasteiger partial charge on any atom is -0.392 e. The molecule has 0 aliphatic heterocycles. The molecular weight excluding hydrogens is 294 g/mol. The summed E-state index contributed by atoms with van der Waals surface area (Å²) < 4.78 is 2.68. The third kappa shape index (κ3) is 1.89. The predicted octanol–water partition coefficient (Wildman–Crippen LogP) is 3.67. The first-order valence-corrected chi connectivity index (χ1v) is 7.88. The van der Waals surface area contributed by atoms with Gasteiger partial charge < -0.3 is 5.11 Å². The molecule has 0 aliphatic rings. The van der Waals surface area contributed by atoms with E-state index >= 15 is 0 Å². The fourth-order valence-electron chi connectivity index (χ4n) is 2.83. The van der Waals surface area contributed by atoms with Gasteiger partial charge in [-0.2, -0.15) is 0 Å². The summed E-state index contributed by atoms with van der Waals surface area (Å²) >= 11 is 1.59. The van der Waals surface area contributed by atoms with Crippen molar-refractivity contribution in [3.05, 3.63) is 76.0 Å². The average molecular weight is 307 g/mol. The molecule has 0 unspecified atom stereocenters. The third-order valence-electron chi connectivity index (χ3n) is 3.88. The fourth-order valence-corrected chi connectivity index (χ4v) is 3.79. The molecule has 0 radical (unpaired) electrons. The Morgan fingerprint density at radius 1 is 1.09 bits per heavy atom. The number of thiophene rings is 1. The molecule has 3 heterocycles. The molecule has 4 heteroatoms. The van der Waals surface area contributed by atoms with Crippen molar-refractivity contribution >= 4 is 26.9 Å². The van der Waals surface area contributed by atoms with Crippen LogP contribution < -0.4 is 5.56 Å². The minimum atomic E-state index is -0.0966. The molecule has 3 nitrogen and oxygen atoms in total. The molecule has 0 fully saturated rings. The summed E-state index contributed by atoms with van der Waals surface area (Å²) in [6, 6.07) is 15.3. The van der Waals surface area contributed by atoms with Crippen molar-refractivity contribution in [3.63, 3.8) is 0 Å². The Morgan fingerprint density at radius 3 is 2.68 bits per heavy atom. The second kappa shape index (κ2) is 5.09. The summed E-state index contributed by atoms with van der Waals surface area (Å²) in [5.41, 5.74) is 2.99. The van der Waals surface area contributed by atoms with Crippen LogP contribution in [0.5, 0.6) is 0 Å². The van der Waals surface area contributed by atoms with Crippen LogP contribution in [0.2, 0.25) is 0 Å². The van der Waals surface area contributed by atoms with Gasteiger partial charge in [-0.05, 0) is 34.5 Å². The number of hydrogen-bond donors (Lipinski definition) is 1. The van der Waals surface area contributed by atoms with Crippen LogP contribution in [0.4, 0.5) is 0 Å². The van der Waals surface area contributed by atoms with E-state index < -0.39 is 0 Å². The molecule has 22 heavy (non-hydrogen) atoms. The van der Waals surface area contributed by atoms with Gasteiger partial charge in [-0.15, -0.1) is 11.3 Å². The van der Waals surface area contributed by atoms with Crippen molar-refractivity contribution in [1.82, 2.24) is 4.40 Å². The molecule has 0 spiro atoms. The highest BCUT2D eigenvalue weighted by atomic mass is 32.1. The van der Waals surface area contributed by atoms with E-state index in [2.05, 4.69) is 0 Å². The molecule has 0 saturated carbocycles. The summed E-state index contributed by atoms with van der Waals surface area (Å²) in [4.78, 5) is 12.8. The highest BCUT2D eigenvalue weighted by molar-refractivity contribution is 7.18. The van der Waals surface area contributed by atoms with E-state index in [9.17, 15) is 9.90 Å². The topological polar surface area (TPSA) is 41.7 Å². The first-order chi connectivity index (χ1) is 10.8. The molecule has 4 aromatic rings. The Labute approximate surface area is 130 Å². The lowest BCUT2D eigenvalue weighted by Crippen LogP contribution is -2.17. The quantitative estimate of drug-likeness (QED) is 0.614. The fraction of sp³-hybridized carbons (Fsp3) is 0.0556. The molecule has 0 amide bonds. The maximum absolute atomic E-state index is 12.8. The first kappa shape index (κ1) is 13.2. The lowest BCUT2D eigenvalue weighted by molar-refractivity contribution is 0.283. The van der Waals surface area contributed by atoms with Crippen LogP contribution in [0, 0.1) is 0 Å². The van der Waals surface area contributed by atoms with Gasteiger partial charge in [0.05, 0.1) is 16.8 Å². The van der Waals surface area contributed by atoms with E-state index in [0.717, 1.165) is 26.7 Å². The number of nitrogens with zero attached hydrogens (tertiary/aromatic N) is 1. The highest BCUT2D eigenvalue weighted by Crippen LogP contribution is 2.29. The van der Waals surface area contributed by atoms with Gasteiger partial charge in [0.2, 0.25) is 0 Å². The van der Waals surface area contributed by atoms with E-state index in [4.69, 9.17) is 0 Å². The van der Waals surface area contributed by atoms with Gasteiger partial charge in [0.15, 0.2) is 0 Å². The Kier molecular flexibility index (Phi) is 3.06. The normalized spacial score (nSPS) is 11.3. The lowest BCUT2D eigenvalue weighted by atomic mass is 10.0. The second-order valence-electron chi connectivity index (χ2n) is 5.15. The van der Waals surface area contributed by atoms with Crippen molar-refractivity contribution in [1.29, 1.82) is 0 Å². The van der Waals surface area contributed by atoms with Crippen molar-refractivity contribution < 1.29 is 5.11 Å². The van der Waals surface area contributed by atoms with Crippen LogP contribution in [-0.2, 0) is 6.61 Å². The van der Waals surface area contributed by atoms with Crippen molar-refractivity contribution in [2.24, 2.45) is 0 Å². The highest BCUT2D eigenvalue weighted by Gasteiger charge is 2.13. The zero-order valence-electron chi connectivity index (χ0n) is 11.7. The van der Waals surface area contributed by atoms with E-state index in [1.807, 2.05) is 53.9 Å². The average Bonchev–Trinajstić information content (AvgIpc) is 3.05. The smallest absolute Gasteiger partial charge is 0.263 e. The summed E-state index contributed by atoms with van der Waals surface area (Å²) in [5, 5.41) is 12.9. The predicted molar refractivity (Wildman–Crippen MR) is 90.4 cm³/mol.